The van der Waals surface area contributed by atoms with E-state index in [1.54, 1.807) is 0 Å². The summed E-state index contributed by atoms with van der Waals surface area (Å²) in [5, 5.41) is 8.20. The van der Waals surface area contributed by atoms with Crippen LogP contribution in [0.1, 0.15) is 37.6 Å². The minimum atomic E-state index is -0.584. The van der Waals surface area contributed by atoms with Crippen LogP contribution in [0.25, 0.3) is 0 Å². The molecule has 0 aliphatic rings. The Kier molecular flexibility index (Phi) is 6.58. The number of halogens is 1. The van der Waals surface area contributed by atoms with Gasteiger partial charge in [0.1, 0.15) is 11.6 Å². The van der Waals surface area contributed by atoms with Crippen LogP contribution >= 0.6 is 0 Å². The zero-order valence-corrected chi connectivity index (χ0v) is 12.5. The molecule has 0 aliphatic carbocycles. The van der Waals surface area contributed by atoms with Crippen molar-refractivity contribution in [3.05, 3.63) is 23.6 Å². The predicted molar refractivity (Wildman–Crippen MR) is 78.6 cm³/mol. The van der Waals surface area contributed by atoms with Gasteiger partial charge in [0.2, 0.25) is 5.91 Å². The number of hydrogen-bond acceptors (Lipinski definition) is 4. The van der Waals surface area contributed by atoms with Crippen molar-refractivity contribution in [3.63, 3.8) is 0 Å². The van der Waals surface area contributed by atoms with Crippen molar-refractivity contribution in [1.29, 1.82) is 0 Å². The highest BCUT2D eigenvalue weighted by Gasteiger charge is 2.14. The molecule has 116 valence electrons. The zero-order chi connectivity index (χ0) is 15.8. The molecule has 1 aromatic heterocycles. The van der Waals surface area contributed by atoms with Crippen LogP contribution in [0.5, 0.6) is 0 Å². The number of carbonyl (C=O) groups is 2. The highest BCUT2D eigenvalue weighted by Crippen LogP contribution is 2.13. The molecule has 0 bridgehead atoms. The molecule has 0 unspecified atom stereocenters. The fourth-order valence-corrected chi connectivity index (χ4v) is 1.70. The van der Waals surface area contributed by atoms with Crippen LogP contribution in [0.15, 0.2) is 12.3 Å². The van der Waals surface area contributed by atoms with Crippen molar-refractivity contribution in [2.75, 3.05) is 18.4 Å². The molecular weight excluding hydrogens is 275 g/mol. The highest BCUT2D eigenvalue weighted by molar-refractivity contribution is 5.98. The van der Waals surface area contributed by atoms with E-state index in [9.17, 15) is 14.0 Å². The largest absolute Gasteiger partial charge is 0.370 e. The topological polar surface area (TPSA) is 83.1 Å². The first kappa shape index (κ1) is 16.9. The number of pyridine rings is 1. The van der Waals surface area contributed by atoms with Crippen LogP contribution in [0.2, 0.25) is 0 Å². The number of amides is 2. The fraction of sp³-hybridized carbons (Fsp3) is 0.500. The van der Waals surface area contributed by atoms with Gasteiger partial charge >= 0.3 is 0 Å². The van der Waals surface area contributed by atoms with Crippen molar-refractivity contribution in [2.45, 2.75) is 33.2 Å². The van der Waals surface area contributed by atoms with E-state index in [4.69, 9.17) is 0 Å². The summed E-state index contributed by atoms with van der Waals surface area (Å²) in [6.07, 6.45) is 1.22. The normalized spacial score (nSPS) is 10.3. The molecule has 0 spiro atoms. The third-order valence-electron chi connectivity index (χ3n) is 2.53. The van der Waals surface area contributed by atoms with Crippen molar-refractivity contribution >= 4 is 17.6 Å². The van der Waals surface area contributed by atoms with Gasteiger partial charge in [0, 0.05) is 25.6 Å². The SMILES string of the molecule is CCNc1ncc(F)cc1C(=O)NCCC(=O)NC(C)C. The van der Waals surface area contributed by atoms with Gasteiger partial charge in [-0.3, -0.25) is 9.59 Å². The van der Waals surface area contributed by atoms with E-state index in [0.717, 1.165) is 12.3 Å². The molecule has 6 nitrogen and oxygen atoms in total. The first-order valence-electron chi connectivity index (χ1n) is 6.91. The number of rotatable bonds is 7. The molecule has 1 rings (SSSR count). The van der Waals surface area contributed by atoms with Crippen LogP contribution in [-0.4, -0.2) is 35.9 Å². The Labute approximate surface area is 123 Å². The van der Waals surface area contributed by atoms with Gasteiger partial charge in [-0.2, -0.15) is 0 Å². The van der Waals surface area contributed by atoms with Crippen molar-refractivity contribution in [1.82, 2.24) is 15.6 Å². The summed E-state index contributed by atoms with van der Waals surface area (Å²) in [4.78, 5) is 27.3. The van der Waals surface area contributed by atoms with E-state index in [2.05, 4.69) is 20.9 Å². The molecule has 0 aliphatic heterocycles. The molecule has 0 saturated carbocycles. The number of anilines is 1. The van der Waals surface area contributed by atoms with Crippen molar-refractivity contribution < 1.29 is 14.0 Å². The highest BCUT2D eigenvalue weighted by atomic mass is 19.1. The molecule has 7 heteroatoms. The summed E-state index contributed by atoms with van der Waals surface area (Å²) in [7, 11) is 0. The molecule has 0 aromatic carbocycles. The quantitative estimate of drug-likeness (QED) is 0.708. The van der Waals surface area contributed by atoms with E-state index in [-0.39, 0.29) is 30.5 Å². The maximum Gasteiger partial charge on any atom is 0.255 e. The molecular formula is C14H21FN4O2. The van der Waals surface area contributed by atoms with Crippen LogP contribution in [0.3, 0.4) is 0 Å². The number of nitrogens with one attached hydrogen (secondary N) is 3. The number of carbonyl (C=O) groups excluding carboxylic acids is 2. The van der Waals surface area contributed by atoms with E-state index >= 15 is 0 Å². The van der Waals surface area contributed by atoms with E-state index in [1.165, 1.54) is 0 Å². The van der Waals surface area contributed by atoms with Gasteiger partial charge in [0.05, 0.1) is 11.8 Å². The first-order chi connectivity index (χ1) is 9.93. The second-order valence-electron chi connectivity index (χ2n) is 4.81. The van der Waals surface area contributed by atoms with Gasteiger partial charge in [-0.15, -0.1) is 0 Å². The van der Waals surface area contributed by atoms with Gasteiger partial charge in [0.15, 0.2) is 0 Å². The smallest absolute Gasteiger partial charge is 0.255 e. The predicted octanol–water partition coefficient (Wildman–Crippen LogP) is 1.30. The third kappa shape index (κ3) is 5.76. The first-order valence-corrected chi connectivity index (χ1v) is 6.91. The molecule has 1 heterocycles. The van der Waals surface area contributed by atoms with Crippen LogP contribution in [0, 0.1) is 5.82 Å². The zero-order valence-electron chi connectivity index (χ0n) is 12.5. The van der Waals surface area contributed by atoms with Gasteiger partial charge in [-0.25, -0.2) is 9.37 Å². The van der Waals surface area contributed by atoms with Crippen LogP contribution in [-0.2, 0) is 4.79 Å². The lowest BCUT2D eigenvalue weighted by atomic mass is 10.2. The second-order valence-corrected chi connectivity index (χ2v) is 4.81. The third-order valence-corrected chi connectivity index (χ3v) is 2.53. The van der Waals surface area contributed by atoms with Crippen LogP contribution < -0.4 is 16.0 Å². The van der Waals surface area contributed by atoms with Crippen molar-refractivity contribution in [3.8, 4) is 0 Å². The van der Waals surface area contributed by atoms with E-state index in [1.807, 2.05) is 20.8 Å². The molecule has 0 atom stereocenters. The molecule has 1 aromatic rings. The molecule has 3 N–H and O–H groups in total. The Bertz CT molecular complexity index is 506. The van der Waals surface area contributed by atoms with Crippen LogP contribution in [0.4, 0.5) is 10.2 Å². The minimum Gasteiger partial charge on any atom is -0.370 e. The van der Waals surface area contributed by atoms with Gasteiger partial charge in [-0.05, 0) is 26.8 Å². The monoisotopic (exact) mass is 296 g/mol. The summed E-state index contributed by atoms with van der Waals surface area (Å²) in [6, 6.07) is 1.18. The second kappa shape index (κ2) is 8.18. The maximum absolute atomic E-state index is 13.2. The summed E-state index contributed by atoms with van der Waals surface area (Å²) < 4.78 is 13.2. The van der Waals surface area contributed by atoms with Crippen molar-refractivity contribution in [2.24, 2.45) is 0 Å². The van der Waals surface area contributed by atoms with E-state index < -0.39 is 11.7 Å². The fourth-order valence-electron chi connectivity index (χ4n) is 1.70. The number of aromatic nitrogens is 1. The average molecular weight is 296 g/mol. The minimum absolute atomic E-state index is 0.0565. The Balaban J connectivity index is 2.59. The molecule has 0 radical (unpaired) electrons. The lowest BCUT2D eigenvalue weighted by Gasteiger charge is -2.11. The summed E-state index contributed by atoms with van der Waals surface area (Å²) >= 11 is 0. The van der Waals surface area contributed by atoms with Gasteiger partial charge in [0.25, 0.3) is 5.91 Å². The molecule has 2 amide bonds. The Morgan fingerprint density at radius 2 is 2.10 bits per heavy atom. The van der Waals surface area contributed by atoms with E-state index in [0.29, 0.717) is 12.4 Å². The lowest BCUT2D eigenvalue weighted by Crippen LogP contribution is -2.34. The lowest BCUT2D eigenvalue weighted by molar-refractivity contribution is -0.121. The van der Waals surface area contributed by atoms with Gasteiger partial charge < -0.3 is 16.0 Å². The number of hydrogen-bond donors (Lipinski definition) is 3. The molecule has 0 fully saturated rings. The summed E-state index contributed by atoms with van der Waals surface area (Å²) in [5.74, 6) is -0.868. The molecule has 0 saturated heterocycles. The Hall–Kier alpha value is -2.18. The Morgan fingerprint density at radius 3 is 2.71 bits per heavy atom. The summed E-state index contributed by atoms with van der Waals surface area (Å²) in [5.41, 5.74) is 0.126. The average Bonchev–Trinajstić information content (AvgIpc) is 2.40. The number of nitrogens with zero attached hydrogens (tertiary/aromatic N) is 1. The van der Waals surface area contributed by atoms with Gasteiger partial charge in [-0.1, -0.05) is 0 Å². The standard InChI is InChI=1S/C14H21FN4O2/c1-4-16-13-11(7-10(15)8-18-13)14(21)17-6-5-12(20)19-9(2)3/h7-9H,4-6H2,1-3H3,(H,16,18)(H,17,21)(H,19,20). The summed E-state index contributed by atoms with van der Waals surface area (Å²) in [6.45, 7) is 6.31. The molecule has 21 heavy (non-hydrogen) atoms. The Morgan fingerprint density at radius 1 is 1.38 bits per heavy atom. The maximum atomic E-state index is 13.2.